The fourth-order valence-corrected chi connectivity index (χ4v) is 2.45. The van der Waals surface area contributed by atoms with Gasteiger partial charge in [0.15, 0.2) is 0 Å². The highest BCUT2D eigenvalue weighted by molar-refractivity contribution is 5.90. The number of aromatic nitrogens is 4. The Bertz CT molecular complexity index is 960. The van der Waals surface area contributed by atoms with Crippen molar-refractivity contribution in [3.05, 3.63) is 58.0 Å². The highest BCUT2D eigenvalue weighted by Gasteiger charge is 2.13. The van der Waals surface area contributed by atoms with E-state index in [0.29, 0.717) is 17.9 Å². The van der Waals surface area contributed by atoms with E-state index in [1.54, 1.807) is 6.07 Å². The minimum Gasteiger partial charge on any atom is -0.364 e. The molecule has 0 unspecified atom stereocenters. The summed E-state index contributed by atoms with van der Waals surface area (Å²) in [7, 11) is 0. The highest BCUT2D eigenvalue weighted by atomic mass is 19.1. The van der Waals surface area contributed by atoms with Crippen molar-refractivity contribution in [2.24, 2.45) is 5.73 Å². The first-order valence-electron chi connectivity index (χ1n) is 7.02. The van der Waals surface area contributed by atoms with Gasteiger partial charge in [0.05, 0.1) is 11.0 Å². The number of primary amides is 1. The number of hydrogen-bond donors (Lipinski definition) is 1. The van der Waals surface area contributed by atoms with E-state index in [0.717, 1.165) is 10.2 Å². The number of rotatable bonds is 4. The molecule has 1 aromatic carbocycles. The molecule has 3 aromatic rings. The maximum atomic E-state index is 13.3. The lowest BCUT2D eigenvalue weighted by Crippen LogP contribution is -2.27. The zero-order chi connectivity index (χ0) is 16.6. The molecular formula is C15H14FN5O2. The van der Waals surface area contributed by atoms with E-state index >= 15 is 0 Å². The third-order valence-corrected chi connectivity index (χ3v) is 3.52. The second-order valence-corrected chi connectivity index (χ2v) is 4.98. The van der Waals surface area contributed by atoms with Crippen LogP contribution in [0.15, 0.2) is 35.1 Å². The van der Waals surface area contributed by atoms with Crippen molar-refractivity contribution in [1.29, 1.82) is 0 Å². The average Bonchev–Trinajstić information content (AvgIpc) is 2.85. The van der Waals surface area contributed by atoms with Gasteiger partial charge in [0.25, 0.3) is 11.5 Å². The summed E-state index contributed by atoms with van der Waals surface area (Å²) in [6.07, 6.45) is 0. The SMILES string of the molecule is CCn1c(Cn2nc(C(N)=O)ccc2=O)nc2cc(F)ccc21. The van der Waals surface area contributed by atoms with Gasteiger partial charge in [-0.1, -0.05) is 0 Å². The summed E-state index contributed by atoms with van der Waals surface area (Å²) in [6, 6.07) is 6.84. The van der Waals surface area contributed by atoms with Crippen LogP contribution in [0, 0.1) is 5.82 Å². The monoisotopic (exact) mass is 315 g/mol. The number of nitrogens with two attached hydrogens (primary N) is 1. The molecule has 0 saturated heterocycles. The van der Waals surface area contributed by atoms with Gasteiger partial charge < -0.3 is 10.3 Å². The lowest BCUT2D eigenvalue weighted by molar-refractivity contribution is 0.0993. The van der Waals surface area contributed by atoms with Crippen LogP contribution in [0.5, 0.6) is 0 Å². The van der Waals surface area contributed by atoms with E-state index in [9.17, 15) is 14.0 Å². The summed E-state index contributed by atoms with van der Waals surface area (Å²) in [5.41, 5.74) is 6.06. The van der Waals surface area contributed by atoms with Crippen molar-refractivity contribution in [2.45, 2.75) is 20.0 Å². The lowest BCUT2D eigenvalue weighted by Gasteiger charge is -2.08. The van der Waals surface area contributed by atoms with Gasteiger partial charge in [-0.3, -0.25) is 9.59 Å². The molecule has 0 spiro atoms. The first kappa shape index (κ1) is 14.9. The number of imidazole rings is 1. The molecule has 0 aliphatic rings. The number of nitrogens with zero attached hydrogens (tertiary/aromatic N) is 4. The van der Waals surface area contributed by atoms with Crippen LogP contribution < -0.4 is 11.3 Å². The predicted octanol–water partition coefficient (Wildman–Crippen LogP) is 0.899. The Hall–Kier alpha value is -3.03. The molecule has 0 bridgehead atoms. The molecule has 3 rings (SSSR count). The van der Waals surface area contributed by atoms with Crippen molar-refractivity contribution in [3.8, 4) is 0 Å². The van der Waals surface area contributed by atoms with Gasteiger partial charge >= 0.3 is 0 Å². The molecular weight excluding hydrogens is 301 g/mol. The standard InChI is InChI=1S/C15H14FN5O2/c1-2-20-12-5-3-9(16)7-11(12)18-13(20)8-21-14(22)6-4-10(19-21)15(17)23/h3-7H,2,8H2,1H3,(H2,17,23). The molecule has 0 saturated carbocycles. The summed E-state index contributed by atoms with van der Waals surface area (Å²) in [5, 5.41) is 3.93. The first-order valence-corrected chi connectivity index (χ1v) is 7.02. The lowest BCUT2D eigenvalue weighted by atomic mass is 10.3. The van der Waals surface area contributed by atoms with Gasteiger partial charge in [0, 0.05) is 18.7 Å². The average molecular weight is 315 g/mol. The maximum absolute atomic E-state index is 13.3. The number of benzene rings is 1. The molecule has 2 aromatic heterocycles. The Morgan fingerprint density at radius 3 is 2.78 bits per heavy atom. The zero-order valence-electron chi connectivity index (χ0n) is 12.4. The van der Waals surface area contributed by atoms with Crippen LogP contribution in [0.25, 0.3) is 11.0 Å². The van der Waals surface area contributed by atoms with Crippen LogP contribution in [0.2, 0.25) is 0 Å². The molecule has 0 radical (unpaired) electrons. The number of carbonyl (C=O) groups excluding carboxylic acids is 1. The Morgan fingerprint density at radius 2 is 2.09 bits per heavy atom. The molecule has 2 N–H and O–H groups in total. The molecule has 0 atom stereocenters. The van der Waals surface area contributed by atoms with Crippen molar-refractivity contribution in [1.82, 2.24) is 19.3 Å². The Labute approximate surface area is 130 Å². The van der Waals surface area contributed by atoms with Gasteiger partial charge in [-0.05, 0) is 25.1 Å². The number of aryl methyl sites for hydroxylation is 1. The minimum absolute atomic E-state index is 0.00481. The quantitative estimate of drug-likeness (QED) is 0.773. The smallest absolute Gasteiger partial charge is 0.269 e. The van der Waals surface area contributed by atoms with Crippen molar-refractivity contribution in [2.75, 3.05) is 0 Å². The molecule has 7 nitrogen and oxygen atoms in total. The summed E-state index contributed by atoms with van der Waals surface area (Å²) >= 11 is 0. The van der Waals surface area contributed by atoms with Crippen molar-refractivity contribution >= 4 is 16.9 Å². The number of fused-ring (bicyclic) bond motifs is 1. The van der Waals surface area contributed by atoms with E-state index < -0.39 is 5.91 Å². The minimum atomic E-state index is -0.718. The summed E-state index contributed by atoms with van der Waals surface area (Å²) in [4.78, 5) is 27.5. The van der Waals surface area contributed by atoms with Crippen LogP contribution in [0.4, 0.5) is 4.39 Å². The van der Waals surface area contributed by atoms with Crippen LogP contribution >= 0.6 is 0 Å². The summed E-state index contributed by atoms with van der Waals surface area (Å²) in [6.45, 7) is 2.58. The third-order valence-electron chi connectivity index (χ3n) is 3.52. The van der Waals surface area contributed by atoms with Crippen LogP contribution in [0.3, 0.4) is 0 Å². The van der Waals surface area contributed by atoms with Crippen LogP contribution in [-0.4, -0.2) is 25.2 Å². The topological polar surface area (TPSA) is 95.8 Å². The van der Waals surface area contributed by atoms with E-state index in [-0.39, 0.29) is 23.6 Å². The van der Waals surface area contributed by atoms with E-state index in [2.05, 4.69) is 10.1 Å². The van der Waals surface area contributed by atoms with Crippen LogP contribution in [-0.2, 0) is 13.1 Å². The Morgan fingerprint density at radius 1 is 1.30 bits per heavy atom. The van der Waals surface area contributed by atoms with Crippen LogP contribution in [0.1, 0.15) is 23.2 Å². The number of carbonyl (C=O) groups is 1. The molecule has 2 heterocycles. The molecule has 1 amide bonds. The van der Waals surface area contributed by atoms with Gasteiger partial charge in [0.2, 0.25) is 0 Å². The second kappa shape index (κ2) is 5.64. The normalized spacial score (nSPS) is 11.0. The van der Waals surface area contributed by atoms with E-state index in [1.165, 1.54) is 24.3 Å². The number of amides is 1. The summed E-state index contributed by atoms with van der Waals surface area (Å²) < 4.78 is 16.3. The van der Waals surface area contributed by atoms with Gasteiger partial charge in [-0.25, -0.2) is 14.1 Å². The zero-order valence-corrected chi connectivity index (χ0v) is 12.4. The fourth-order valence-electron chi connectivity index (χ4n) is 2.45. The number of hydrogen-bond acceptors (Lipinski definition) is 4. The molecule has 0 aliphatic heterocycles. The Balaban J connectivity index is 2.10. The Kier molecular flexibility index (Phi) is 3.65. The molecule has 0 aliphatic carbocycles. The van der Waals surface area contributed by atoms with E-state index in [1.807, 2.05) is 11.5 Å². The highest BCUT2D eigenvalue weighted by Crippen LogP contribution is 2.18. The largest absolute Gasteiger partial charge is 0.364 e. The molecule has 0 fully saturated rings. The van der Waals surface area contributed by atoms with Crippen molar-refractivity contribution < 1.29 is 9.18 Å². The van der Waals surface area contributed by atoms with Crippen molar-refractivity contribution in [3.63, 3.8) is 0 Å². The number of halogens is 1. The second-order valence-electron chi connectivity index (χ2n) is 4.98. The van der Waals surface area contributed by atoms with E-state index in [4.69, 9.17) is 5.73 Å². The molecule has 23 heavy (non-hydrogen) atoms. The molecule has 118 valence electrons. The summed E-state index contributed by atoms with van der Waals surface area (Å²) in [5.74, 6) is -0.551. The third kappa shape index (κ3) is 2.70. The van der Waals surface area contributed by atoms with Gasteiger partial charge in [-0.2, -0.15) is 5.10 Å². The van der Waals surface area contributed by atoms with Gasteiger partial charge in [-0.15, -0.1) is 0 Å². The predicted molar refractivity (Wildman–Crippen MR) is 81.5 cm³/mol. The molecule has 8 heteroatoms. The first-order chi connectivity index (χ1) is 11.0. The fraction of sp³-hybridized carbons (Fsp3) is 0.200. The van der Waals surface area contributed by atoms with Gasteiger partial charge in [0.1, 0.15) is 23.9 Å². The maximum Gasteiger partial charge on any atom is 0.269 e.